The normalized spacial score (nSPS) is 24.4. The van der Waals surface area contributed by atoms with E-state index in [0.717, 1.165) is 18.4 Å². The van der Waals surface area contributed by atoms with Crippen LogP contribution in [-0.4, -0.2) is 122 Å². The Morgan fingerprint density at radius 3 is 2.11 bits per heavy atom. The molecule has 53 heavy (non-hydrogen) atoms. The van der Waals surface area contributed by atoms with Gasteiger partial charge in [0.05, 0.1) is 48.7 Å². The Kier molecular flexibility index (Phi) is 16.8. The van der Waals surface area contributed by atoms with Crippen molar-refractivity contribution >= 4 is 23.6 Å². The largest absolute Gasteiger partial charge is 0.379 e. The van der Waals surface area contributed by atoms with Crippen LogP contribution in [0.15, 0.2) is 30.3 Å². The second-order valence-corrected chi connectivity index (χ2v) is 15.9. The molecule has 12 nitrogen and oxygen atoms in total. The average Bonchev–Trinajstić information content (AvgIpc) is 3.73. The molecule has 0 spiro atoms. The average molecular weight is 744 g/mol. The monoisotopic (exact) mass is 744 g/mol. The molecule has 1 aromatic carbocycles. The van der Waals surface area contributed by atoms with Crippen LogP contribution in [0.1, 0.15) is 99.7 Å². The molecule has 2 saturated heterocycles. The zero-order valence-corrected chi connectivity index (χ0v) is 34.6. The minimum atomic E-state index is -0.749. The lowest BCUT2D eigenvalue weighted by molar-refractivity contribution is -0.151. The maximum absolute atomic E-state index is 14.3. The van der Waals surface area contributed by atoms with Crippen LogP contribution in [0.4, 0.5) is 0 Å². The Balaban J connectivity index is 1.79. The Bertz CT molecular complexity index is 1340. The molecule has 11 atom stereocenters. The zero-order chi connectivity index (χ0) is 39.7. The highest BCUT2D eigenvalue weighted by atomic mass is 16.5. The van der Waals surface area contributed by atoms with Crippen LogP contribution in [0.25, 0.3) is 0 Å². The van der Waals surface area contributed by atoms with Gasteiger partial charge in [0.1, 0.15) is 18.4 Å². The van der Waals surface area contributed by atoms with E-state index in [4.69, 9.17) is 14.2 Å². The predicted molar refractivity (Wildman–Crippen MR) is 207 cm³/mol. The lowest BCUT2D eigenvalue weighted by Crippen LogP contribution is -2.59. The number of carbonyl (C=O) groups excluding carboxylic acids is 4. The fraction of sp³-hybridized carbons (Fsp3) is 0.756. The topological polar surface area (TPSA) is 130 Å². The summed E-state index contributed by atoms with van der Waals surface area (Å²) in [5, 5.41) is 6.06. The van der Waals surface area contributed by atoms with Gasteiger partial charge >= 0.3 is 0 Å². The molecule has 2 aliphatic rings. The summed E-state index contributed by atoms with van der Waals surface area (Å²) in [6.07, 6.45) is 0.533. The number of rotatable bonds is 18. The number of amides is 4. The second-order valence-electron chi connectivity index (χ2n) is 15.9. The summed E-state index contributed by atoms with van der Waals surface area (Å²) in [6.45, 7) is 18.2. The Morgan fingerprint density at radius 2 is 1.58 bits per heavy atom. The first-order chi connectivity index (χ1) is 25.0. The van der Waals surface area contributed by atoms with Gasteiger partial charge in [-0.25, -0.2) is 0 Å². The zero-order valence-electron chi connectivity index (χ0n) is 34.6. The number of ether oxygens (including phenoxy) is 3. The van der Waals surface area contributed by atoms with Gasteiger partial charge in [-0.1, -0.05) is 85.2 Å². The number of likely N-dealkylation sites (N-methyl/N-ethyl adjacent to an activating group) is 2. The summed E-state index contributed by atoms with van der Waals surface area (Å²) >= 11 is 0. The fourth-order valence-electron chi connectivity index (χ4n) is 8.52. The van der Waals surface area contributed by atoms with Crippen molar-refractivity contribution < 1.29 is 33.4 Å². The maximum Gasteiger partial charge on any atom is 0.245 e. The van der Waals surface area contributed by atoms with Gasteiger partial charge in [-0.2, -0.15) is 0 Å². The molecular weight excluding hydrogens is 674 g/mol. The highest BCUT2D eigenvalue weighted by Gasteiger charge is 2.47. The maximum atomic E-state index is 14.3. The number of methoxy groups -OCH3 is 2. The van der Waals surface area contributed by atoms with Crippen molar-refractivity contribution in [3.05, 3.63) is 35.9 Å². The van der Waals surface area contributed by atoms with Gasteiger partial charge in [0.2, 0.25) is 23.6 Å². The van der Waals surface area contributed by atoms with Gasteiger partial charge < -0.3 is 39.5 Å². The number of nitrogens with zero attached hydrogens (tertiary/aromatic N) is 3. The SMILES string of the molecule is CCC(C)C(C(CC(=O)N1CCCC1[C@H](OC)C(C)C(=O)N1C(C)OC(c2ccccc2)C1C)OC)N(C)C(=O)[C@@H](NC(=O)C(NC)C(C)C)C(C)C. The predicted octanol–water partition coefficient (Wildman–Crippen LogP) is 4.63. The lowest BCUT2D eigenvalue weighted by atomic mass is 9.89. The van der Waals surface area contributed by atoms with Crippen molar-refractivity contribution in [2.24, 2.45) is 23.7 Å². The summed E-state index contributed by atoms with van der Waals surface area (Å²) < 4.78 is 18.4. The molecule has 0 bridgehead atoms. The van der Waals surface area contributed by atoms with Crippen LogP contribution in [0.5, 0.6) is 0 Å². The standard InChI is InChI=1S/C41H69N5O7/c1-14-26(6)36(44(11)41(50)35(25(4)5)43-39(48)34(42-10)24(2)3)32(51-12)23-33(47)45-22-18-21-31(45)37(52-13)27(7)40(49)46-28(8)38(53-29(46)9)30-19-16-15-17-20-30/h15-17,19-20,24-29,31-32,34-38,42H,14,18,21-23H2,1-13H3,(H,43,48)/t26?,27?,28?,29?,31?,32?,34?,35-,36?,37+,38?/m0/s1. The summed E-state index contributed by atoms with van der Waals surface area (Å²) in [7, 11) is 6.67. The highest BCUT2D eigenvalue weighted by Crippen LogP contribution is 2.37. The van der Waals surface area contributed by atoms with E-state index in [-0.39, 0.29) is 66.0 Å². The Morgan fingerprint density at radius 1 is 0.962 bits per heavy atom. The second kappa shape index (κ2) is 20.0. The third-order valence-corrected chi connectivity index (χ3v) is 11.7. The van der Waals surface area contributed by atoms with Gasteiger partial charge in [0, 0.05) is 27.8 Å². The van der Waals surface area contributed by atoms with Crippen LogP contribution in [-0.2, 0) is 33.4 Å². The smallest absolute Gasteiger partial charge is 0.245 e. The van der Waals surface area contributed by atoms with Gasteiger partial charge in [-0.05, 0) is 57.1 Å². The van der Waals surface area contributed by atoms with Gasteiger partial charge in [-0.3, -0.25) is 19.2 Å². The van der Waals surface area contributed by atoms with Crippen molar-refractivity contribution in [2.45, 2.75) is 143 Å². The molecule has 2 fully saturated rings. The van der Waals surface area contributed by atoms with Gasteiger partial charge in [-0.15, -0.1) is 0 Å². The lowest BCUT2D eigenvalue weighted by Gasteiger charge is -2.41. The van der Waals surface area contributed by atoms with E-state index in [0.29, 0.717) is 13.0 Å². The summed E-state index contributed by atoms with van der Waals surface area (Å²) in [6, 6.07) is 7.86. The molecule has 2 aliphatic heterocycles. The van der Waals surface area contributed by atoms with Crippen molar-refractivity contribution in [3.8, 4) is 0 Å². The van der Waals surface area contributed by atoms with Gasteiger partial charge in [0.15, 0.2) is 0 Å². The minimum absolute atomic E-state index is 0.00366. The number of likely N-dealkylation sites (tertiary alicyclic amines) is 1. The number of nitrogens with one attached hydrogen (secondary N) is 2. The number of hydrogen-bond acceptors (Lipinski definition) is 8. The molecule has 0 saturated carbocycles. The first kappa shape index (κ1) is 44.3. The van der Waals surface area contributed by atoms with Crippen molar-refractivity contribution in [2.75, 3.05) is 34.9 Å². The molecule has 300 valence electrons. The number of hydrogen-bond donors (Lipinski definition) is 2. The molecule has 3 rings (SSSR count). The number of carbonyl (C=O) groups is 4. The van der Waals surface area contributed by atoms with Crippen LogP contribution in [0.2, 0.25) is 0 Å². The minimum Gasteiger partial charge on any atom is -0.379 e. The van der Waals surface area contributed by atoms with Crippen molar-refractivity contribution in [1.29, 1.82) is 0 Å². The third-order valence-electron chi connectivity index (χ3n) is 11.7. The van der Waals surface area contributed by atoms with Gasteiger partial charge in [0.25, 0.3) is 0 Å². The molecule has 9 unspecified atom stereocenters. The van der Waals surface area contributed by atoms with Crippen LogP contribution >= 0.6 is 0 Å². The quantitative estimate of drug-likeness (QED) is 0.223. The van der Waals surface area contributed by atoms with Crippen molar-refractivity contribution in [3.63, 3.8) is 0 Å². The Labute approximate surface area is 319 Å². The molecular formula is C41H69N5O7. The molecule has 2 heterocycles. The van der Waals surface area contributed by atoms with E-state index < -0.39 is 42.5 Å². The van der Waals surface area contributed by atoms with E-state index >= 15 is 0 Å². The van der Waals surface area contributed by atoms with E-state index in [1.54, 1.807) is 33.2 Å². The van der Waals surface area contributed by atoms with Crippen LogP contribution in [0, 0.1) is 23.7 Å². The molecule has 12 heteroatoms. The van der Waals surface area contributed by atoms with E-state index in [2.05, 4.69) is 24.5 Å². The molecule has 0 aliphatic carbocycles. The first-order valence-electron chi connectivity index (χ1n) is 19.7. The summed E-state index contributed by atoms with van der Waals surface area (Å²) in [5.74, 6) is -1.27. The third kappa shape index (κ3) is 10.2. The molecule has 0 radical (unpaired) electrons. The van der Waals surface area contributed by atoms with E-state index in [1.165, 1.54) is 0 Å². The van der Waals surface area contributed by atoms with Crippen molar-refractivity contribution in [1.82, 2.24) is 25.3 Å². The Hall–Kier alpha value is -3.06. The molecule has 2 N–H and O–H groups in total. The molecule has 1 aromatic rings. The summed E-state index contributed by atoms with van der Waals surface area (Å²) in [5.41, 5.74) is 1.03. The first-order valence-corrected chi connectivity index (χ1v) is 19.7. The highest BCUT2D eigenvalue weighted by molar-refractivity contribution is 5.90. The van der Waals surface area contributed by atoms with Crippen LogP contribution < -0.4 is 10.6 Å². The van der Waals surface area contributed by atoms with E-state index in [1.807, 2.05) is 88.6 Å². The number of benzene rings is 1. The molecule has 4 amide bonds. The summed E-state index contributed by atoms with van der Waals surface area (Å²) in [4.78, 5) is 61.2. The van der Waals surface area contributed by atoms with E-state index in [9.17, 15) is 19.2 Å². The molecule has 0 aromatic heterocycles. The van der Waals surface area contributed by atoms with Crippen LogP contribution in [0.3, 0.4) is 0 Å². The fourth-order valence-corrected chi connectivity index (χ4v) is 8.52.